The van der Waals surface area contributed by atoms with Crippen LogP contribution in [-0.2, 0) is 17.5 Å². The molecule has 1 aromatic heterocycles. The fraction of sp³-hybridized carbons (Fsp3) is 0.250. The summed E-state index contributed by atoms with van der Waals surface area (Å²) < 4.78 is 44.0. The van der Waals surface area contributed by atoms with Crippen molar-refractivity contribution in [3.63, 3.8) is 0 Å². The van der Waals surface area contributed by atoms with E-state index in [9.17, 15) is 27.9 Å². The molecule has 0 radical (unpaired) electrons. The summed E-state index contributed by atoms with van der Waals surface area (Å²) in [6.07, 6.45) is -4.49. The fourth-order valence-electron chi connectivity index (χ4n) is 2.79. The molecule has 8 nitrogen and oxygen atoms in total. The largest absolute Gasteiger partial charge is 0.508 e. The van der Waals surface area contributed by atoms with E-state index < -0.39 is 17.5 Å². The molecule has 0 saturated heterocycles. The average molecular weight is 507 g/mol. The number of rotatable bonds is 6. The standard InChI is InChI=1S/C20H18ClF3N4O4.ClH/c1-27(2)10-17(30)25-15-8-16(29)12(7-14(15)21)9-28-19(31)32-18(26-28)11-3-5-13(6-4-11)20(22,23)24;/h3-8,29H,9-10H2,1-2H3,(H,25,30);1H. The predicted molar refractivity (Wildman–Crippen MR) is 118 cm³/mol. The van der Waals surface area contributed by atoms with Crippen LogP contribution in [0, 0.1) is 0 Å². The third-order valence-electron chi connectivity index (χ3n) is 4.29. The maximum Gasteiger partial charge on any atom is 0.437 e. The van der Waals surface area contributed by atoms with E-state index >= 15 is 0 Å². The molecule has 13 heteroatoms. The minimum Gasteiger partial charge on any atom is -0.508 e. The van der Waals surface area contributed by atoms with Crippen LogP contribution in [-0.4, -0.2) is 46.3 Å². The molecule has 3 aromatic rings. The maximum absolute atomic E-state index is 12.7. The van der Waals surface area contributed by atoms with E-state index in [1.807, 2.05) is 0 Å². The number of benzene rings is 2. The van der Waals surface area contributed by atoms with Crippen LogP contribution in [0.3, 0.4) is 0 Å². The van der Waals surface area contributed by atoms with Crippen LogP contribution in [0.4, 0.5) is 18.9 Å². The van der Waals surface area contributed by atoms with E-state index in [2.05, 4.69) is 10.4 Å². The average Bonchev–Trinajstić information content (AvgIpc) is 3.05. The number of amides is 1. The van der Waals surface area contributed by atoms with Gasteiger partial charge in [0.1, 0.15) is 5.75 Å². The third kappa shape index (κ3) is 6.50. The lowest BCUT2D eigenvalue weighted by Crippen LogP contribution is -2.27. The van der Waals surface area contributed by atoms with Crippen molar-refractivity contribution in [1.82, 2.24) is 14.7 Å². The Morgan fingerprint density at radius 1 is 1.24 bits per heavy atom. The van der Waals surface area contributed by atoms with E-state index in [1.165, 1.54) is 12.1 Å². The van der Waals surface area contributed by atoms with Gasteiger partial charge in [0.05, 0.1) is 29.4 Å². The quantitative estimate of drug-likeness (QED) is 0.526. The second kappa shape index (κ2) is 10.3. The Balaban J connectivity index is 0.00000385. The number of anilines is 1. The molecule has 0 aliphatic carbocycles. The molecule has 0 atom stereocenters. The minimum atomic E-state index is -4.49. The van der Waals surface area contributed by atoms with Crippen molar-refractivity contribution in [3.8, 4) is 17.2 Å². The molecule has 0 spiro atoms. The van der Waals surface area contributed by atoms with Crippen molar-refractivity contribution in [2.24, 2.45) is 0 Å². The summed E-state index contributed by atoms with van der Waals surface area (Å²) in [5.41, 5.74) is -0.261. The third-order valence-corrected chi connectivity index (χ3v) is 4.60. The van der Waals surface area contributed by atoms with Crippen molar-refractivity contribution in [2.75, 3.05) is 26.0 Å². The van der Waals surface area contributed by atoms with E-state index in [0.29, 0.717) is 0 Å². The number of phenolic OH excluding ortho intramolecular Hbond substituents is 1. The summed E-state index contributed by atoms with van der Waals surface area (Å²) in [4.78, 5) is 25.7. The summed E-state index contributed by atoms with van der Waals surface area (Å²) >= 11 is 6.18. The summed E-state index contributed by atoms with van der Waals surface area (Å²) in [5, 5.41) is 17.0. The zero-order chi connectivity index (χ0) is 23.6. The predicted octanol–water partition coefficient (Wildman–Crippen LogP) is 3.85. The van der Waals surface area contributed by atoms with Crippen molar-refractivity contribution >= 4 is 35.6 Å². The van der Waals surface area contributed by atoms with Gasteiger partial charge in [0.15, 0.2) is 0 Å². The highest BCUT2D eigenvalue weighted by Gasteiger charge is 2.30. The molecular formula is C20H19Cl2F3N4O4. The zero-order valence-corrected chi connectivity index (χ0v) is 18.9. The molecule has 3 rings (SSSR count). The van der Waals surface area contributed by atoms with E-state index in [0.717, 1.165) is 28.9 Å². The number of hydrogen-bond donors (Lipinski definition) is 2. The first-order valence-corrected chi connectivity index (χ1v) is 9.53. The molecule has 2 aromatic carbocycles. The lowest BCUT2D eigenvalue weighted by molar-refractivity contribution is -0.137. The topological polar surface area (TPSA) is 101 Å². The highest BCUT2D eigenvalue weighted by Crippen LogP contribution is 2.32. The van der Waals surface area contributed by atoms with Gasteiger partial charge in [0.2, 0.25) is 11.8 Å². The molecule has 33 heavy (non-hydrogen) atoms. The Hall–Kier alpha value is -3.02. The second-order valence-corrected chi connectivity index (χ2v) is 7.56. The van der Waals surface area contributed by atoms with Crippen molar-refractivity contribution in [1.29, 1.82) is 0 Å². The first-order valence-electron chi connectivity index (χ1n) is 9.15. The van der Waals surface area contributed by atoms with Crippen LogP contribution in [0.25, 0.3) is 11.5 Å². The second-order valence-electron chi connectivity index (χ2n) is 7.15. The number of phenols is 1. The van der Waals surface area contributed by atoms with Crippen LogP contribution in [0.5, 0.6) is 5.75 Å². The summed E-state index contributed by atoms with van der Waals surface area (Å²) in [7, 11) is 3.44. The lowest BCUT2D eigenvalue weighted by Gasteiger charge is -2.13. The number of carbonyl (C=O) groups excluding carboxylic acids is 1. The summed E-state index contributed by atoms with van der Waals surface area (Å²) in [6, 6.07) is 6.58. The van der Waals surface area contributed by atoms with Crippen LogP contribution in [0.1, 0.15) is 11.1 Å². The SMILES string of the molecule is CN(C)CC(=O)Nc1cc(O)c(Cn2nc(-c3ccc(C(F)(F)F)cc3)oc2=O)cc1Cl.Cl. The van der Waals surface area contributed by atoms with Gasteiger partial charge in [-0.05, 0) is 44.4 Å². The van der Waals surface area contributed by atoms with Crippen molar-refractivity contribution in [2.45, 2.75) is 12.7 Å². The molecule has 0 aliphatic heterocycles. The molecule has 0 fully saturated rings. The van der Waals surface area contributed by atoms with Crippen LogP contribution < -0.4 is 11.1 Å². The van der Waals surface area contributed by atoms with Gasteiger partial charge in [-0.1, -0.05) is 11.6 Å². The number of likely N-dealkylation sites (N-methyl/N-ethyl adjacent to an activating group) is 1. The number of carbonyl (C=O) groups is 1. The maximum atomic E-state index is 12.7. The molecule has 0 aliphatic rings. The summed E-state index contributed by atoms with van der Waals surface area (Å²) in [6.45, 7) is -0.111. The van der Waals surface area contributed by atoms with Gasteiger partial charge in [0, 0.05) is 17.2 Å². The number of aromatic nitrogens is 2. The fourth-order valence-corrected chi connectivity index (χ4v) is 3.02. The number of nitrogens with zero attached hydrogens (tertiary/aromatic N) is 3. The smallest absolute Gasteiger partial charge is 0.437 e. The van der Waals surface area contributed by atoms with Gasteiger partial charge < -0.3 is 19.7 Å². The van der Waals surface area contributed by atoms with Gasteiger partial charge in [-0.2, -0.15) is 17.9 Å². The molecule has 0 unspecified atom stereocenters. The number of hydrogen-bond acceptors (Lipinski definition) is 6. The normalized spacial score (nSPS) is 11.4. The Morgan fingerprint density at radius 2 is 1.88 bits per heavy atom. The number of aromatic hydroxyl groups is 1. The Bertz CT molecular complexity index is 1190. The zero-order valence-electron chi connectivity index (χ0n) is 17.3. The lowest BCUT2D eigenvalue weighted by atomic mass is 10.1. The highest BCUT2D eigenvalue weighted by atomic mass is 35.5. The summed E-state index contributed by atoms with van der Waals surface area (Å²) in [5.74, 6) is -1.64. The van der Waals surface area contributed by atoms with Gasteiger partial charge >= 0.3 is 11.9 Å². The van der Waals surface area contributed by atoms with Crippen LogP contribution >= 0.6 is 24.0 Å². The highest BCUT2D eigenvalue weighted by molar-refractivity contribution is 6.33. The van der Waals surface area contributed by atoms with Crippen molar-refractivity contribution in [3.05, 3.63) is 63.1 Å². The van der Waals surface area contributed by atoms with E-state index in [1.54, 1.807) is 19.0 Å². The molecule has 1 amide bonds. The first kappa shape index (κ1) is 26.2. The van der Waals surface area contributed by atoms with E-state index in [-0.39, 0.29) is 64.9 Å². The van der Waals surface area contributed by atoms with Crippen LogP contribution in [0.2, 0.25) is 5.02 Å². The molecule has 2 N–H and O–H groups in total. The van der Waals surface area contributed by atoms with Crippen LogP contribution in [0.15, 0.2) is 45.6 Å². The molecule has 178 valence electrons. The van der Waals surface area contributed by atoms with Gasteiger partial charge in [-0.25, -0.2) is 4.79 Å². The minimum absolute atomic E-state index is 0. The molecule has 0 saturated carbocycles. The first-order chi connectivity index (χ1) is 14.9. The molecule has 0 bridgehead atoms. The van der Waals surface area contributed by atoms with Gasteiger partial charge in [-0.3, -0.25) is 4.79 Å². The molecular weight excluding hydrogens is 488 g/mol. The van der Waals surface area contributed by atoms with Crippen molar-refractivity contribution < 1.29 is 27.5 Å². The number of nitrogens with one attached hydrogen (secondary N) is 1. The Labute approximate surface area is 197 Å². The van der Waals surface area contributed by atoms with E-state index in [4.69, 9.17) is 16.0 Å². The Kier molecular flexibility index (Phi) is 8.17. The monoisotopic (exact) mass is 506 g/mol. The number of halogens is 5. The van der Waals surface area contributed by atoms with Gasteiger partial charge in [0.25, 0.3) is 0 Å². The van der Waals surface area contributed by atoms with Gasteiger partial charge in [-0.15, -0.1) is 17.5 Å². The Morgan fingerprint density at radius 3 is 2.45 bits per heavy atom. The number of alkyl halides is 3. The molecule has 1 heterocycles.